The molecule has 0 spiro atoms. The van der Waals surface area contributed by atoms with Crippen LogP contribution in [0.15, 0.2) is 10.7 Å². The molecule has 0 aromatic carbocycles. The molecule has 2 aromatic rings. The average molecular weight is 311 g/mol. The van der Waals surface area contributed by atoms with Gasteiger partial charge in [-0.15, -0.1) is 0 Å². The molecule has 114 valence electrons. The summed E-state index contributed by atoms with van der Waals surface area (Å²) in [7, 11) is -3.40. The Labute approximate surface area is 123 Å². The van der Waals surface area contributed by atoms with Crippen LogP contribution in [0.2, 0.25) is 0 Å². The Hall–Kier alpha value is -1.87. The van der Waals surface area contributed by atoms with Crippen LogP contribution >= 0.6 is 0 Å². The minimum absolute atomic E-state index is 0.239. The summed E-state index contributed by atoms with van der Waals surface area (Å²) in [5, 5.41) is 3.84. The number of aromatic nitrogens is 4. The van der Waals surface area contributed by atoms with Crippen molar-refractivity contribution in [2.24, 2.45) is 0 Å². The Morgan fingerprint density at radius 1 is 1.24 bits per heavy atom. The summed E-state index contributed by atoms with van der Waals surface area (Å²) in [4.78, 5) is 12.6. The molecule has 0 aliphatic rings. The smallest absolute Gasteiger partial charge is 0.261 e. The maximum atomic E-state index is 11.4. The normalized spacial score (nSPS) is 12.6. The van der Waals surface area contributed by atoms with Gasteiger partial charge >= 0.3 is 0 Å². The lowest BCUT2D eigenvalue weighted by Crippen LogP contribution is -2.41. The predicted molar refractivity (Wildman–Crippen MR) is 75.8 cm³/mol. The fourth-order valence-corrected chi connectivity index (χ4v) is 2.91. The van der Waals surface area contributed by atoms with Crippen LogP contribution in [0.5, 0.6) is 0 Å². The predicted octanol–water partition coefficient (Wildman–Crippen LogP) is 0.928. The van der Waals surface area contributed by atoms with E-state index in [-0.39, 0.29) is 11.7 Å². The van der Waals surface area contributed by atoms with Crippen molar-refractivity contribution in [3.8, 4) is 11.5 Å². The topological polar surface area (TPSA) is 111 Å². The van der Waals surface area contributed by atoms with Crippen molar-refractivity contribution in [1.29, 1.82) is 0 Å². The largest absolute Gasteiger partial charge is 0.334 e. The van der Waals surface area contributed by atoms with Crippen LogP contribution in [0.1, 0.15) is 31.2 Å². The van der Waals surface area contributed by atoms with Gasteiger partial charge in [-0.05, 0) is 27.7 Å². The fourth-order valence-electron chi connectivity index (χ4n) is 1.89. The van der Waals surface area contributed by atoms with Crippen LogP contribution in [0, 0.1) is 13.8 Å². The van der Waals surface area contributed by atoms with Gasteiger partial charge in [-0.25, -0.2) is 23.1 Å². The minimum Gasteiger partial charge on any atom is -0.334 e. The van der Waals surface area contributed by atoms with Crippen LogP contribution in [-0.4, -0.2) is 34.8 Å². The quantitative estimate of drug-likeness (QED) is 0.894. The molecule has 9 heteroatoms. The molecule has 0 unspecified atom stereocenters. The Kier molecular flexibility index (Phi) is 3.81. The van der Waals surface area contributed by atoms with Crippen LogP contribution in [-0.2, 0) is 15.6 Å². The van der Waals surface area contributed by atoms with E-state index in [4.69, 9.17) is 4.52 Å². The molecule has 8 nitrogen and oxygen atoms in total. The van der Waals surface area contributed by atoms with Crippen molar-refractivity contribution < 1.29 is 12.9 Å². The van der Waals surface area contributed by atoms with E-state index in [0.717, 1.165) is 6.26 Å². The molecule has 2 rings (SSSR count). The third-order valence-electron chi connectivity index (χ3n) is 2.76. The van der Waals surface area contributed by atoms with Gasteiger partial charge in [0, 0.05) is 6.20 Å². The number of rotatable bonds is 4. The average Bonchev–Trinajstić information content (AvgIpc) is 2.75. The lowest BCUT2D eigenvalue weighted by Gasteiger charge is -2.20. The number of aryl methyl sites for hydroxylation is 2. The summed E-state index contributed by atoms with van der Waals surface area (Å²) in [5.41, 5.74) is 0.357. The SMILES string of the molecule is Cc1ncc(-c2nc(C(C)(C)NS(C)(=O)=O)no2)c(C)n1. The fraction of sp³-hybridized carbons (Fsp3) is 0.500. The Bertz CT molecular complexity index is 767. The van der Waals surface area contributed by atoms with Gasteiger partial charge in [-0.3, -0.25) is 0 Å². The third kappa shape index (κ3) is 3.61. The first-order chi connectivity index (χ1) is 9.58. The summed E-state index contributed by atoms with van der Waals surface area (Å²) < 4.78 is 30.4. The van der Waals surface area contributed by atoms with Crippen LogP contribution in [0.25, 0.3) is 11.5 Å². The van der Waals surface area contributed by atoms with Crippen molar-refractivity contribution in [3.05, 3.63) is 23.5 Å². The van der Waals surface area contributed by atoms with E-state index in [0.29, 0.717) is 17.1 Å². The van der Waals surface area contributed by atoms with Gasteiger partial charge < -0.3 is 4.52 Å². The Morgan fingerprint density at radius 3 is 2.48 bits per heavy atom. The molecule has 0 aliphatic carbocycles. The highest BCUT2D eigenvalue weighted by molar-refractivity contribution is 7.88. The summed E-state index contributed by atoms with van der Waals surface area (Å²) >= 11 is 0. The number of nitrogens with one attached hydrogen (secondary N) is 1. The molecule has 0 radical (unpaired) electrons. The monoisotopic (exact) mass is 311 g/mol. The van der Waals surface area contributed by atoms with Gasteiger partial charge in [0.25, 0.3) is 5.89 Å². The first-order valence-electron chi connectivity index (χ1n) is 6.22. The molecule has 0 amide bonds. The second kappa shape index (κ2) is 5.15. The summed E-state index contributed by atoms with van der Waals surface area (Å²) in [6.07, 6.45) is 2.68. The van der Waals surface area contributed by atoms with Crippen molar-refractivity contribution in [2.75, 3.05) is 6.26 Å². The highest BCUT2D eigenvalue weighted by Gasteiger charge is 2.30. The van der Waals surface area contributed by atoms with E-state index in [1.807, 2.05) is 6.92 Å². The molecule has 0 saturated carbocycles. The first-order valence-corrected chi connectivity index (χ1v) is 8.11. The van der Waals surface area contributed by atoms with Gasteiger partial charge in [0.05, 0.1) is 23.1 Å². The molecule has 0 atom stereocenters. The second-order valence-electron chi connectivity index (χ2n) is 5.34. The molecule has 0 aliphatic heterocycles. The summed E-state index contributed by atoms with van der Waals surface area (Å²) in [6, 6.07) is 0. The van der Waals surface area contributed by atoms with Crippen molar-refractivity contribution in [2.45, 2.75) is 33.2 Å². The molecule has 2 aromatic heterocycles. The van der Waals surface area contributed by atoms with E-state index < -0.39 is 15.6 Å². The van der Waals surface area contributed by atoms with Gasteiger partial charge in [0.1, 0.15) is 5.82 Å². The maximum Gasteiger partial charge on any atom is 0.261 e. The minimum atomic E-state index is -3.40. The van der Waals surface area contributed by atoms with Crippen molar-refractivity contribution in [1.82, 2.24) is 24.8 Å². The van der Waals surface area contributed by atoms with E-state index in [1.54, 1.807) is 27.0 Å². The number of nitrogens with zero attached hydrogens (tertiary/aromatic N) is 4. The van der Waals surface area contributed by atoms with Gasteiger partial charge in [0.15, 0.2) is 5.82 Å². The lowest BCUT2D eigenvalue weighted by molar-refractivity contribution is 0.382. The lowest BCUT2D eigenvalue weighted by atomic mass is 10.1. The zero-order valence-corrected chi connectivity index (χ0v) is 13.3. The van der Waals surface area contributed by atoms with Crippen molar-refractivity contribution in [3.63, 3.8) is 0 Å². The van der Waals surface area contributed by atoms with Crippen LogP contribution < -0.4 is 4.72 Å². The zero-order chi connectivity index (χ0) is 15.8. The number of hydrogen-bond acceptors (Lipinski definition) is 7. The molecule has 0 saturated heterocycles. The van der Waals surface area contributed by atoms with Gasteiger partial charge in [-0.1, -0.05) is 5.16 Å². The Morgan fingerprint density at radius 2 is 1.90 bits per heavy atom. The highest BCUT2D eigenvalue weighted by atomic mass is 32.2. The highest BCUT2D eigenvalue weighted by Crippen LogP contribution is 2.24. The first kappa shape index (κ1) is 15.5. The van der Waals surface area contributed by atoms with Gasteiger partial charge in [-0.2, -0.15) is 4.98 Å². The van der Waals surface area contributed by atoms with Crippen molar-refractivity contribution >= 4 is 10.0 Å². The molecule has 0 fully saturated rings. The standard InChI is InChI=1S/C12H17N5O3S/c1-7-9(6-13-8(2)14-7)10-15-11(16-20-10)12(3,4)17-21(5,18)19/h6,17H,1-5H3. The molecular formula is C12H17N5O3S. The maximum absolute atomic E-state index is 11.4. The molecule has 21 heavy (non-hydrogen) atoms. The Balaban J connectivity index is 2.38. The molecular weight excluding hydrogens is 294 g/mol. The van der Waals surface area contributed by atoms with Gasteiger partial charge in [0.2, 0.25) is 10.0 Å². The summed E-state index contributed by atoms with van der Waals surface area (Å²) in [6.45, 7) is 6.91. The molecule has 2 heterocycles. The zero-order valence-electron chi connectivity index (χ0n) is 12.5. The van der Waals surface area contributed by atoms with E-state index in [2.05, 4.69) is 24.8 Å². The van der Waals surface area contributed by atoms with E-state index >= 15 is 0 Å². The second-order valence-corrected chi connectivity index (χ2v) is 7.09. The molecule has 0 bridgehead atoms. The number of hydrogen-bond donors (Lipinski definition) is 1. The summed E-state index contributed by atoms with van der Waals surface area (Å²) in [5.74, 6) is 1.14. The molecule has 1 N–H and O–H groups in total. The van der Waals surface area contributed by atoms with E-state index in [1.165, 1.54) is 0 Å². The third-order valence-corrected chi connectivity index (χ3v) is 3.64. The number of sulfonamides is 1. The van der Waals surface area contributed by atoms with Crippen LogP contribution in [0.3, 0.4) is 0 Å². The van der Waals surface area contributed by atoms with Crippen LogP contribution in [0.4, 0.5) is 0 Å². The van der Waals surface area contributed by atoms with E-state index in [9.17, 15) is 8.42 Å².